The molecule has 0 fully saturated rings. The van der Waals surface area contributed by atoms with E-state index in [4.69, 9.17) is 13.9 Å². The van der Waals surface area contributed by atoms with Crippen LogP contribution >= 0.6 is 11.8 Å². The average Bonchev–Trinajstić information content (AvgIpc) is 3.49. The lowest BCUT2D eigenvalue weighted by Gasteiger charge is -2.12. The Kier molecular flexibility index (Phi) is 5.50. The molecule has 6 rings (SSSR count). The number of ether oxygens (including phenoxy) is 2. The van der Waals surface area contributed by atoms with Gasteiger partial charge in [-0.25, -0.2) is 4.79 Å². The van der Waals surface area contributed by atoms with Gasteiger partial charge < -0.3 is 13.9 Å². The minimum atomic E-state index is -0.356. The molecule has 0 amide bonds. The minimum absolute atomic E-state index is 0.236. The van der Waals surface area contributed by atoms with Crippen LogP contribution in [-0.2, 0) is 12.3 Å². The topological polar surface area (TPSA) is 79.4 Å². The number of rotatable bonds is 6. The quantitative estimate of drug-likeness (QED) is 0.235. The molecule has 8 heteroatoms. The van der Waals surface area contributed by atoms with Crippen LogP contribution in [0.1, 0.15) is 16.7 Å². The van der Waals surface area contributed by atoms with Crippen molar-refractivity contribution >= 4 is 22.7 Å². The lowest BCUT2D eigenvalue weighted by Crippen LogP contribution is -2.05. The van der Waals surface area contributed by atoms with E-state index in [2.05, 4.69) is 14.8 Å². The summed E-state index contributed by atoms with van der Waals surface area (Å²) in [5.41, 5.74) is 4.22. The molecule has 174 valence electrons. The molecule has 0 saturated carbocycles. The van der Waals surface area contributed by atoms with Gasteiger partial charge >= 0.3 is 5.63 Å². The van der Waals surface area contributed by atoms with Crippen LogP contribution in [0.25, 0.3) is 22.4 Å². The Hall–Kier alpha value is -4.04. The van der Waals surface area contributed by atoms with Gasteiger partial charge in [0.05, 0.1) is 6.54 Å². The first-order chi connectivity index (χ1) is 17.1. The standard InChI is InChI=1S/C27H21N3O4S/c1-17-7-9-21-20(13-25(31)34-23(21)11-17)15-35-27-29-28-26(19-5-3-2-4-6-19)30(27)14-18-8-10-22-24(12-18)33-16-32-22/h2-13H,14-16H2,1H3. The maximum atomic E-state index is 12.2. The summed E-state index contributed by atoms with van der Waals surface area (Å²) in [7, 11) is 0. The molecule has 5 aromatic rings. The number of fused-ring (bicyclic) bond motifs is 2. The first-order valence-corrected chi connectivity index (χ1v) is 12.2. The predicted octanol–water partition coefficient (Wildman–Crippen LogP) is 5.43. The van der Waals surface area contributed by atoms with Crippen molar-refractivity contribution in [2.45, 2.75) is 24.4 Å². The summed E-state index contributed by atoms with van der Waals surface area (Å²) < 4.78 is 18.5. The molecular formula is C27H21N3O4S. The second kappa shape index (κ2) is 8.96. The SMILES string of the molecule is Cc1ccc2c(CSc3nnc(-c4ccccc4)n3Cc3ccc4c(c3)OCO4)cc(=O)oc2c1. The number of thioether (sulfide) groups is 1. The van der Waals surface area contributed by atoms with E-state index >= 15 is 0 Å². The molecule has 3 aromatic carbocycles. The second-order valence-electron chi connectivity index (χ2n) is 8.32. The molecule has 35 heavy (non-hydrogen) atoms. The minimum Gasteiger partial charge on any atom is -0.454 e. The molecule has 2 aromatic heterocycles. The van der Waals surface area contributed by atoms with Gasteiger partial charge in [-0.15, -0.1) is 10.2 Å². The number of hydrogen-bond donors (Lipinski definition) is 0. The lowest BCUT2D eigenvalue weighted by atomic mass is 10.1. The van der Waals surface area contributed by atoms with Crippen LogP contribution < -0.4 is 15.1 Å². The Morgan fingerprint density at radius 2 is 1.80 bits per heavy atom. The Labute approximate surface area is 205 Å². The van der Waals surface area contributed by atoms with Crippen LogP contribution in [0, 0.1) is 6.92 Å². The van der Waals surface area contributed by atoms with Gasteiger partial charge in [-0.1, -0.05) is 60.3 Å². The number of aromatic nitrogens is 3. The Morgan fingerprint density at radius 3 is 2.69 bits per heavy atom. The molecule has 1 aliphatic heterocycles. The lowest BCUT2D eigenvalue weighted by molar-refractivity contribution is 0.174. The van der Waals surface area contributed by atoms with Gasteiger partial charge in [0.25, 0.3) is 0 Å². The number of nitrogens with zero attached hydrogens (tertiary/aromatic N) is 3. The zero-order valence-corrected chi connectivity index (χ0v) is 19.7. The van der Waals surface area contributed by atoms with Gasteiger partial charge in [-0.05, 0) is 41.8 Å². The summed E-state index contributed by atoms with van der Waals surface area (Å²) in [6.07, 6.45) is 0. The van der Waals surface area contributed by atoms with E-state index in [1.807, 2.05) is 73.7 Å². The molecule has 3 heterocycles. The van der Waals surface area contributed by atoms with Crippen molar-refractivity contribution in [1.82, 2.24) is 14.8 Å². The van der Waals surface area contributed by atoms with Crippen molar-refractivity contribution in [1.29, 1.82) is 0 Å². The molecule has 0 unspecified atom stereocenters. The van der Waals surface area contributed by atoms with E-state index in [0.29, 0.717) is 17.9 Å². The largest absolute Gasteiger partial charge is 0.454 e. The normalized spacial score (nSPS) is 12.4. The van der Waals surface area contributed by atoms with Crippen LogP contribution in [0.3, 0.4) is 0 Å². The third kappa shape index (κ3) is 4.28. The van der Waals surface area contributed by atoms with Crippen molar-refractivity contribution in [2.24, 2.45) is 0 Å². The molecule has 0 atom stereocenters. The smallest absolute Gasteiger partial charge is 0.336 e. The van der Waals surface area contributed by atoms with Crippen LogP contribution in [0.15, 0.2) is 87.2 Å². The van der Waals surface area contributed by atoms with Gasteiger partial charge in [-0.3, -0.25) is 4.57 Å². The summed E-state index contributed by atoms with van der Waals surface area (Å²) in [6.45, 7) is 2.78. The number of aryl methyl sites for hydroxylation is 1. The van der Waals surface area contributed by atoms with E-state index in [1.165, 1.54) is 0 Å². The van der Waals surface area contributed by atoms with E-state index in [0.717, 1.165) is 50.1 Å². The Bertz CT molecular complexity index is 1590. The summed E-state index contributed by atoms with van der Waals surface area (Å²) >= 11 is 1.54. The van der Waals surface area contributed by atoms with Gasteiger partial charge in [0.1, 0.15) is 5.58 Å². The highest BCUT2D eigenvalue weighted by atomic mass is 32.2. The summed E-state index contributed by atoms with van der Waals surface area (Å²) in [5, 5.41) is 10.7. The fraction of sp³-hybridized carbons (Fsp3) is 0.148. The van der Waals surface area contributed by atoms with Crippen molar-refractivity contribution in [3.63, 3.8) is 0 Å². The third-order valence-corrected chi connectivity index (χ3v) is 6.88. The second-order valence-corrected chi connectivity index (χ2v) is 9.27. The highest BCUT2D eigenvalue weighted by Gasteiger charge is 2.18. The Balaban J connectivity index is 1.36. The van der Waals surface area contributed by atoms with Gasteiger partial charge in [-0.2, -0.15) is 0 Å². The molecule has 0 aliphatic carbocycles. The number of hydrogen-bond acceptors (Lipinski definition) is 7. The molecule has 7 nitrogen and oxygen atoms in total. The molecule has 1 aliphatic rings. The van der Waals surface area contributed by atoms with Crippen LogP contribution in [-0.4, -0.2) is 21.6 Å². The maximum Gasteiger partial charge on any atom is 0.336 e. The van der Waals surface area contributed by atoms with E-state index in [-0.39, 0.29) is 12.4 Å². The zero-order valence-electron chi connectivity index (χ0n) is 18.9. The van der Waals surface area contributed by atoms with Crippen molar-refractivity contribution < 1.29 is 13.9 Å². The highest BCUT2D eigenvalue weighted by molar-refractivity contribution is 7.98. The van der Waals surface area contributed by atoms with Gasteiger partial charge in [0.15, 0.2) is 22.5 Å². The highest BCUT2D eigenvalue weighted by Crippen LogP contribution is 2.34. The molecule has 0 radical (unpaired) electrons. The fourth-order valence-electron chi connectivity index (χ4n) is 4.16. The van der Waals surface area contributed by atoms with E-state index in [9.17, 15) is 4.79 Å². The summed E-state index contributed by atoms with van der Waals surface area (Å²) in [6, 6.07) is 23.4. The summed E-state index contributed by atoms with van der Waals surface area (Å²) in [5.74, 6) is 2.82. The fourth-order valence-corrected chi connectivity index (χ4v) is 5.09. The average molecular weight is 484 g/mol. The van der Waals surface area contributed by atoms with Gasteiger partial charge in [0.2, 0.25) is 6.79 Å². The maximum absolute atomic E-state index is 12.2. The Morgan fingerprint density at radius 1 is 0.943 bits per heavy atom. The number of benzene rings is 3. The molecule has 0 spiro atoms. The van der Waals surface area contributed by atoms with Crippen LogP contribution in [0.4, 0.5) is 0 Å². The van der Waals surface area contributed by atoms with Crippen molar-refractivity contribution in [3.8, 4) is 22.9 Å². The first-order valence-electron chi connectivity index (χ1n) is 11.2. The van der Waals surface area contributed by atoms with Crippen molar-refractivity contribution in [3.05, 3.63) is 99.9 Å². The first kappa shape index (κ1) is 21.5. The van der Waals surface area contributed by atoms with E-state index in [1.54, 1.807) is 17.8 Å². The molecule has 0 bridgehead atoms. The third-order valence-electron chi connectivity index (χ3n) is 5.87. The van der Waals surface area contributed by atoms with Crippen LogP contribution in [0.2, 0.25) is 0 Å². The van der Waals surface area contributed by atoms with E-state index < -0.39 is 0 Å². The predicted molar refractivity (Wildman–Crippen MR) is 134 cm³/mol. The molecule has 0 saturated heterocycles. The summed E-state index contributed by atoms with van der Waals surface area (Å²) in [4.78, 5) is 12.2. The zero-order chi connectivity index (χ0) is 23.8. The van der Waals surface area contributed by atoms with Gasteiger partial charge in [0, 0.05) is 22.8 Å². The van der Waals surface area contributed by atoms with Crippen molar-refractivity contribution in [2.75, 3.05) is 6.79 Å². The monoisotopic (exact) mass is 483 g/mol. The molecular weight excluding hydrogens is 462 g/mol. The van der Waals surface area contributed by atoms with Crippen LogP contribution in [0.5, 0.6) is 11.5 Å². The molecule has 0 N–H and O–H groups in total.